The Balaban J connectivity index is 2.11. The molecule has 0 saturated carbocycles. The number of anilines is 1. The van der Waals surface area contributed by atoms with Gasteiger partial charge in [-0.15, -0.1) is 0 Å². The maximum absolute atomic E-state index is 2.60. The van der Waals surface area contributed by atoms with E-state index in [1.165, 1.54) is 37.3 Å². The van der Waals surface area contributed by atoms with Crippen LogP contribution in [0.25, 0.3) is 0 Å². The zero-order valence-corrected chi connectivity index (χ0v) is 12.2. The van der Waals surface area contributed by atoms with Crippen LogP contribution in [0.5, 0.6) is 0 Å². The zero-order chi connectivity index (χ0) is 13.1. The normalized spacial score (nSPS) is 25.4. The number of hydrogen-bond donors (Lipinski definition) is 0. The van der Waals surface area contributed by atoms with Crippen molar-refractivity contribution in [3.05, 3.63) is 29.8 Å². The van der Waals surface area contributed by atoms with Gasteiger partial charge in [0.1, 0.15) is 0 Å². The molecule has 2 atom stereocenters. The van der Waals surface area contributed by atoms with Crippen LogP contribution in [0.1, 0.15) is 32.8 Å². The fourth-order valence-electron chi connectivity index (χ4n) is 3.16. The molecule has 2 rings (SSSR count). The average molecular weight is 246 g/mol. The van der Waals surface area contributed by atoms with Gasteiger partial charge < -0.3 is 4.90 Å². The summed E-state index contributed by atoms with van der Waals surface area (Å²) in [5, 5.41) is 0. The summed E-state index contributed by atoms with van der Waals surface area (Å²) in [6.07, 6.45) is 1.25. The van der Waals surface area contributed by atoms with Crippen molar-refractivity contribution in [1.29, 1.82) is 0 Å². The predicted molar refractivity (Wildman–Crippen MR) is 79.3 cm³/mol. The molecule has 1 aliphatic heterocycles. The fraction of sp³-hybridized carbons (Fsp3) is 0.625. The fourth-order valence-corrected chi connectivity index (χ4v) is 3.16. The minimum atomic E-state index is 0.600. The van der Waals surface area contributed by atoms with Crippen molar-refractivity contribution in [3.63, 3.8) is 0 Å². The summed E-state index contributed by atoms with van der Waals surface area (Å²) < 4.78 is 0. The molecule has 0 N–H and O–H groups in total. The second kappa shape index (κ2) is 5.75. The quantitative estimate of drug-likeness (QED) is 0.807. The lowest BCUT2D eigenvalue weighted by Crippen LogP contribution is -2.57. The topological polar surface area (TPSA) is 6.48 Å². The van der Waals surface area contributed by atoms with E-state index in [0.29, 0.717) is 12.1 Å². The SMILES string of the molecule is CCCN1C[C@@H](C)N(c2ccc(C)cc2)[C@@H](C)C1. The van der Waals surface area contributed by atoms with Crippen LogP contribution < -0.4 is 4.90 Å². The van der Waals surface area contributed by atoms with E-state index >= 15 is 0 Å². The van der Waals surface area contributed by atoms with Gasteiger partial charge in [0.15, 0.2) is 0 Å². The van der Waals surface area contributed by atoms with E-state index in [2.05, 4.69) is 61.8 Å². The lowest BCUT2D eigenvalue weighted by molar-refractivity contribution is 0.200. The predicted octanol–water partition coefficient (Wildman–Crippen LogP) is 3.30. The number of rotatable bonds is 3. The van der Waals surface area contributed by atoms with E-state index in [1.54, 1.807) is 0 Å². The van der Waals surface area contributed by atoms with E-state index in [0.717, 1.165) is 0 Å². The first-order chi connectivity index (χ1) is 8.61. The second-order valence-electron chi connectivity index (χ2n) is 5.70. The first-order valence-corrected chi connectivity index (χ1v) is 7.19. The summed E-state index contributed by atoms with van der Waals surface area (Å²) in [7, 11) is 0. The number of benzene rings is 1. The minimum Gasteiger partial charge on any atom is -0.364 e. The molecule has 1 aliphatic rings. The van der Waals surface area contributed by atoms with Crippen molar-refractivity contribution in [1.82, 2.24) is 4.90 Å². The molecular formula is C16H26N2. The molecule has 0 spiro atoms. The number of nitrogens with zero attached hydrogens (tertiary/aromatic N) is 2. The number of piperazine rings is 1. The van der Waals surface area contributed by atoms with Gasteiger partial charge in [-0.05, 0) is 45.9 Å². The lowest BCUT2D eigenvalue weighted by Gasteiger charge is -2.46. The summed E-state index contributed by atoms with van der Waals surface area (Å²) in [4.78, 5) is 5.17. The van der Waals surface area contributed by atoms with Crippen molar-refractivity contribution in [2.75, 3.05) is 24.5 Å². The number of aryl methyl sites for hydroxylation is 1. The van der Waals surface area contributed by atoms with Gasteiger partial charge in [-0.25, -0.2) is 0 Å². The van der Waals surface area contributed by atoms with E-state index in [1.807, 2.05) is 0 Å². The van der Waals surface area contributed by atoms with Crippen LogP contribution >= 0.6 is 0 Å². The largest absolute Gasteiger partial charge is 0.364 e. The van der Waals surface area contributed by atoms with Crippen LogP contribution in [0.4, 0.5) is 5.69 Å². The molecule has 0 radical (unpaired) electrons. The molecule has 1 fully saturated rings. The molecule has 2 nitrogen and oxygen atoms in total. The third-order valence-corrected chi connectivity index (χ3v) is 3.87. The molecule has 0 aromatic heterocycles. The van der Waals surface area contributed by atoms with Crippen LogP contribution in [0.15, 0.2) is 24.3 Å². The molecule has 0 aliphatic carbocycles. The Morgan fingerprint density at radius 3 is 2.11 bits per heavy atom. The highest BCUT2D eigenvalue weighted by Gasteiger charge is 2.28. The average Bonchev–Trinajstić information content (AvgIpc) is 2.31. The molecule has 0 bridgehead atoms. The minimum absolute atomic E-state index is 0.600. The summed E-state index contributed by atoms with van der Waals surface area (Å²) >= 11 is 0. The summed E-state index contributed by atoms with van der Waals surface area (Å²) in [5.74, 6) is 0. The maximum Gasteiger partial charge on any atom is 0.0392 e. The van der Waals surface area contributed by atoms with Crippen LogP contribution in [-0.2, 0) is 0 Å². The Morgan fingerprint density at radius 2 is 1.61 bits per heavy atom. The van der Waals surface area contributed by atoms with Gasteiger partial charge in [-0.1, -0.05) is 24.6 Å². The van der Waals surface area contributed by atoms with Crippen molar-refractivity contribution in [3.8, 4) is 0 Å². The van der Waals surface area contributed by atoms with Crippen molar-refractivity contribution in [2.45, 2.75) is 46.2 Å². The third-order valence-electron chi connectivity index (χ3n) is 3.87. The lowest BCUT2D eigenvalue weighted by atomic mass is 10.1. The Hall–Kier alpha value is -1.02. The molecule has 1 aromatic carbocycles. The van der Waals surface area contributed by atoms with Gasteiger partial charge in [-0.3, -0.25) is 4.90 Å². The molecule has 0 unspecified atom stereocenters. The highest BCUT2D eigenvalue weighted by Crippen LogP contribution is 2.24. The Bertz CT molecular complexity index is 359. The molecule has 2 heteroatoms. The van der Waals surface area contributed by atoms with Gasteiger partial charge >= 0.3 is 0 Å². The Kier molecular flexibility index (Phi) is 4.28. The first kappa shape index (κ1) is 13.4. The molecule has 1 aromatic rings. The van der Waals surface area contributed by atoms with Crippen LogP contribution in [-0.4, -0.2) is 36.6 Å². The molecule has 100 valence electrons. The zero-order valence-electron chi connectivity index (χ0n) is 12.2. The molecule has 1 heterocycles. The van der Waals surface area contributed by atoms with Crippen molar-refractivity contribution >= 4 is 5.69 Å². The summed E-state index contributed by atoms with van der Waals surface area (Å²) in [5.41, 5.74) is 2.71. The Morgan fingerprint density at radius 1 is 1.06 bits per heavy atom. The van der Waals surface area contributed by atoms with Gasteiger partial charge in [-0.2, -0.15) is 0 Å². The molecule has 0 amide bonds. The van der Waals surface area contributed by atoms with Gasteiger partial charge in [0.25, 0.3) is 0 Å². The molecule has 1 saturated heterocycles. The summed E-state index contributed by atoms with van der Waals surface area (Å²) in [6, 6.07) is 10.2. The van der Waals surface area contributed by atoms with Crippen LogP contribution in [0.3, 0.4) is 0 Å². The van der Waals surface area contributed by atoms with Gasteiger partial charge in [0.05, 0.1) is 0 Å². The van der Waals surface area contributed by atoms with E-state index in [9.17, 15) is 0 Å². The summed E-state index contributed by atoms with van der Waals surface area (Å²) in [6.45, 7) is 12.7. The van der Waals surface area contributed by atoms with E-state index < -0.39 is 0 Å². The van der Waals surface area contributed by atoms with Crippen LogP contribution in [0, 0.1) is 6.92 Å². The van der Waals surface area contributed by atoms with Crippen LogP contribution in [0.2, 0.25) is 0 Å². The highest BCUT2D eigenvalue weighted by atomic mass is 15.3. The van der Waals surface area contributed by atoms with E-state index in [-0.39, 0.29) is 0 Å². The van der Waals surface area contributed by atoms with Gasteiger partial charge in [0.2, 0.25) is 0 Å². The number of hydrogen-bond acceptors (Lipinski definition) is 2. The highest BCUT2D eigenvalue weighted by molar-refractivity contribution is 5.50. The van der Waals surface area contributed by atoms with Crippen molar-refractivity contribution in [2.24, 2.45) is 0 Å². The smallest absolute Gasteiger partial charge is 0.0392 e. The van der Waals surface area contributed by atoms with Crippen molar-refractivity contribution < 1.29 is 0 Å². The first-order valence-electron chi connectivity index (χ1n) is 7.19. The van der Waals surface area contributed by atoms with Gasteiger partial charge in [0, 0.05) is 30.9 Å². The second-order valence-corrected chi connectivity index (χ2v) is 5.70. The monoisotopic (exact) mass is 246 g/mol. The van der Waals surface area contributed by atoms with E-state index in [4.69, 9.17) is 0 Å². The molecule has 18 heavy (non-hydrogen) atoms. The standard InChI is InChI=1S/C16H26N2/c1-5-10-17-11-14(3)18(15(4)12-17)16-8-6-13(2)7-9-16/h6-9,14-15H,5,10-12H2,1-4H3/t14-,15+. The Labute approximate surface area is 112 Å². The third kappa shape index (κ3) is 2.86. The molecular weight excluding hydrogens is 220 g/mol. The maximum atomic E-state index is 2.60.